The Labute approximate surface area is 151 Å². The Kier molecular flexibility index (Phi) is 4.83. The molecular formula is C17H23ClN2O5. The number of halogens is 1. The van der Waals surface area contributed by atoms with E-state index in [9.17, 15) is 14.7 Å². The number of amides is 2. The van der Waals surface area contributed by atoms with E-state index in [2.05, 4.69) is 5.32 Å². The second-order valence-corrected chi connectivity index (χ2v) is 7.43. The number of hydrogen-bond acceptors (Lipinski definition) is 5. The lowest BCUT2D eigenvalue weighted by atomic mass is 9.73. The Balaban J connectivity index is 1.69. The zero-order valence-corrected chi connectivity index (χ0v) is 15.1. The van der Waals surface area contributed by atoms with Crippen molar-refractivity contribution in [2.24, 2.45) is 0 Å². The molecule has 1 aromatic rings. The molecule has 2 aliphatic heterocycles. The lowest BCUT2D eigenvalue weighted by molar-refractivity contribution is -0.205. The first-order valence-corrected chi connectivity index (χ1v) is 8.79. The van der Waals surface area contributed by atoms with Gasteiger partial charge in [0.2, 0.25) is 5.91 Å². The van der Waals surface area contributed by atoms with Crippen molar-refractivity contribution in [1.29, 1.82) is 0 Å². The highest BCUT2D eigenvalue weighted by Gasteiger charge is 2.54. The SMILES string of the molecule is CC(=O)N[C@@]1(C)CCOC2(CCN(C(=O)c3ccc(Cl)o3)CC2)[C@@H]1O. The normalized spacial score (nSPS) is 28.8. The van der Waals surface area contributed by atoms with Crippen LogP contribution in [0.15, 0.2) is 16.5 Å². The fourth-order valence-electron chi connectivity index (χ4n) is 3.89. The number of rotatable bonds is 2. The molecule has 2 N–H and O–H groups in total. The molecule has 3 heterocycles. The molecule has 25 heavy (non-hydrogen) atoms. The van der Waals surface area contributed by atoms with Crippen molar-refractivity contribution >= 4 is 23.4 Å². The van der Waals surface area contributed by atoms with Crippen LogP contribution in [0.5, 0.6) is 0 Å². The van der Waals surface area contributed by atoms with Crippen molar-refractivity contribution in [1.82, 2.24) is 10.2 Å². The van der Waals surface area contributed by atoms with E-state index in [1.54, 1.807) is 11.0 Å². The molecule has 8 heteroatoms. The minimum absolute atomic E-state index is 0.175. The molecule has 2 amide bonds. The van der Waals surface area contributed by atoms with Gasteiger partial charge in [0.1, 0.15) is 6.10 Å². The van der Waals surface area contributed by atoms with Gasteiger partial charge >= 0.3 is 0 Å². The molecule has 0 aromatic carbocycles. The summed E-state index contributed by atoms with van der Waals surface area (Å²) >= 11 is 5.73. The maximum Gasteiger partial charge on any atom is 0.289 e. The molecule has 7 nitrogen and oxygen atoms in total. The maximum atomic E-state index is 12.5. The van der Waals surface area contributed by atoms with Crippen molar-refractivity contribution < 1.29 is 23.8 Å². The van der Waals surface area contributed by atoms with Crippen molar-refractivity contribution in [3.63, 3.8) is 0 Å². The van der Waals surface area contributed by atoms with E-state index < -0.39 is 17.2 Å². The minimum atomic E-state index is -0.840. The molecule has 2 saturated heterocycles. The van der Waals surface area contributed by atoms with Gasteiger partial charge in [0.25, 0.3) is 5.91 Å². The first kappa shape index (κ1) is 18.2. The van der Waals surface area contributed by atoms with Gasteiger partial charge in [0.15, 0.2) is 11.0 Å². The number of hydrogen-bond donors (Lipinski definition) is 2. The third-order valence-corrected chi connectivity index (χ3v) is 5.46. The molecule has 0 unspecified atom stereocenters. The average Bonchev–Trinajstić information content (AvgIpc) is 2.99. The van der Waals surface area contributed by atoms with E-state index in [0.717, 1.165) is 0 Å². The van der Waals surface area contributed by atoms with Crippen LogP contribution >= 0.6 is 11.6 Å². The Morgan fingerprint density at radius 2 is 2.00 bits per heavy atom. The van der Waals surface area contributed by atoms with Gasteiger partial charge in [-0.25, -0.2) is 0 Å². The molecule has 0 bridgehead atoms. The summed E-state index contributed by atoms with van der Waals surface area (Å²) in [7, 11) is 0. The number of ether oxygens (including phenoxy) is 1. The van der Waals surface area contributed by atoms with Gasteiger partial charge in [-0.2, -0.15) is 0 Å². The van der Waals surface area contributed by atoms with Gasteiger partial charge in [-0.05, 0) is 49.9 Å². The standard InChI is InChI=1S/C17H23ClN2O5/c1-11(21)19-16(2)7-10-24-17(15(16)23)5-8-20(9-6-17)14(22)12-3-4-13(18)25-12/h3-4,15,23H,5-10H2,1-2H3,(H,19,21)/t15-,16+/m1/s1. The van der Waals surface area contributed by atoms with Crippen LogP contribution in [-0.4, -0.2) is 58.8 Å². The number of piperidine rings is 1. The topological polar surface area (TPSA) is 92.0 Å². The van der Waals surface area contributed by atoms with Crippen LogP contribution in [0.2, 0.25) is 5.22 Å². The van der Waals surface area contributed by atoms with Crippen LogP contribution in [0.1, 0.15) is 43.7 Å². The fourth-order valence-corrected chi connectivity index (χ4v) is 4.03. The summed E-state index contributed by atoms with van der Waals surface area (Å²) in [6, 6.07) is 3.09. The van der Waals surface area contributed by atoms with Crippen LogP contribution < -0.4 is 5.32 Å². The highest BCUT2D eigenvalue weighted by molar-refractivity contribution is 6.29. The summed E-state index contributed by atoms with van der Waals surface area (Å²) in [5.74, 6) is -0.202. The lowest BCUT2D eigenvalue weighted by Crippen LogP contribution is -2.69. The van der Waals surface area contributed by atoms with E-state index in [1.165, 1.54) is 13.0 Å². The fraction of sp³-hybridized carbons (Fsp3) is 0.647. The summed E-state index contributed by atoms with van der Waals surface area (Å²) in [5, 5.41) is 14.0. The third-order valence-electron chi connectivity index (χ3n) is 5.26. The number of aliphatic hydroxyl groups excluding tert-OH is 1. The lowest BCUT2D eigenvalue weighted by Gasteiger charge is -2.53. The van der Waals surface area contributed by atoms with Crippen LogP contribution in [0.3, 0.4) is 0 Å². The van der Waals surface area contributed by atoms with Crippen molar-refractivity contribution in [2.75, 3.05) is 19.7 Å². The number of carbonyl (C=O) groups is 2. The largest absolute Gasteiger partial charge is 0.440 e. The third kappa shape index (κ3) is 3.41. The average molecular weight is 371 g/mol. The first-order chi connectivity index (χ1) is 11.8. The molecule has 138 valence electrons. The second-order valence-electron chi connectivity index (χ2n) is 7.06. The molecule has 1 spiro atoms. The first-order valence-electron chi connectivity index (χ1n) is 8.41. The van der Waals surface area contributed by atoms with Gasteiger partial charge in [0.05, 0.1) is 11.1 Å². The number of carbonyl (C=O) groups excluding carboxylic acids is 2. The van der Waals surface area contributed by atoms with Crippen molar-refractivity contribution in [3.8, 4) is 0 Å². The number of aliphatic hydroxyl groups is 1. The Bertz CT molecular complexity index is 668. The molecule has 2 aliphatic rings. The van der Waals surface area contributed by atoms with E-state index in [4.69, 9.17) is 20.8 Å². The highest BCUT2D eigenvalue weighted by Crippen LogP contribution is 2.40. The Morgan fingerprint density at radius 3 is 2.56 bits per heavy atom. The van der Waals surface area contributed by atoms with Gasteiger partial charge in [0, 0.05) is 26.6 Å². The molecule has 2 atom stereocenters. The minimum Gasteiger partial charge on any atom is -0.440 e. The van der Waals surface area contributed by atoms with Gasteiger partial charge in [-0.1, -0.05) is 0 Å². The summed E-state index contributed by atoms with van der Waals surface area (Å²) < 4.78 is 11.1. The van der Waals surface area contributed by atoms with Crippen LogP contribution in [0, 0.1) is 0 Å². The van der Waals surface area contributed by atoms with Crippen molar-refractivity contribution in [2.45, 2.75) is 50.4 Å². The van der Waals surface area contributed by atoms with E-state index >= 15 is 0 Å². The van der Waals surface area contributed by atoms with Crippen LogP contribution in [-0.2, 0) is 9.53 Å². The maximum absolute atomic E-state index is 12.5. The predicted octanol–water partition coefficient (Wildman–Crippen LogP) is 1.58. The zero-order chi connectivity index (χ0) is 18.2. The van der Waals surface area contributed by atoms with Gasteiger partial charge in [-0.15, -0.1) is 0 Å². The van der Waals surface area contributed by atoms with E-state index in [0.29, 0.717) is 39.0 Å². The molecule has 1 aromatic heterocycles. The number of furan rings is 1. The number of likely N-dealkylation sites (tertiary alicyclic amines) is 1. The van der Waals surface area contributed by atoms with E-state index in [-0.39, 0.29) is 22.8 Å². The molecule has 0 aliphatic carbocycles. The summed E-state index contributed by atoms with van der Waals surface area (Å²) in [5.41, 5.74) is -1.49. The van der Waals surface area contributed by atoms with Crippen molar-refractivity contribution in [3.05, 3.63) is 23.1 Å². The summed E-state index contributed by atoms with van der Waals surface area (Å²) in [4.78, 5) is 25.6. The van der Waals surface area contributed by atoms with Gasteiger partial charge in [-0.3, -0.25) is 9.59 Å². The van der Waals surface area contributed by atoms with Crippen LogP contribution in [0.4, 0.5) is 0 Å². The zero-order valence-electron chi connectivity index (χ0n) is 14.4. The van der Waals surface area contributed by atoms with Crippen LogP contribution in [0.25, 0.3) is 0 Å². The quantitative estimate of drug-likeness (QED) is 0.824. The second kappa shape index (κ2) is 6.63. The smallest absolute Gasteiger partial charge is 0.289 e. The van der Waals surface area contributed by atoms with E-state index in [1.807, 2.05) is 6.92 Å². The summed E-state index contributed by atoms with van der Waals surface area (Å²) in [6.45, 7) is 4.60. The highest BCUT2D eigenvalue weighted by atomic mass is 35.5. The molecular weight excluding hydrogens is 348 g/mol. The molecule has 0 radical (unpaired) electrons. The number of nitrogens with zero attached hydrogens (tertiary/aromatic N) is 1. The molecule has 2 fully saturated rings. The molecule has 3 rings (SSSR count). The predicted molar refractivity (Wildman–Crippen MR) is 90.4 cm³/mol. The Morgan fingerprint density at radius 1 is 1.32 bits per heavy atom. The number of nitrogens with one attached hydrogen (secondary N) is 1. The molecule has 0 saturated carbocycles. The Hall–Kier alpha value is -1.57. The van der Waals surface area contributed by atoms with Gasteiger partial charge < -0.3 is 24.5 Å². The summed E-state index contributed by atoms with van der Waals surface area (Å²) in [6.07, 6.45) is 0.684. The monoisotopic (exact) mass is 370 g/mol.